The molecule has 0 radical (unpaired) electrons. The van der Waals surface area contributed by atoms with Crippen molar-refractivity contribution < 1.29 is 18.0 Å². The Morgan fingerprint density at radius 1 is 1.26 bits per heavy atom. The van der Waals surface area contributed by atoms with Crippen LogP contribution in [0.15, 0.2) is 24.4 Å². The summed E-state index contributed by atoms with van der Waals surface area (Å²) in [5.74, 6) is 0. The summed E-state index contributed by atoms with van der Waals surface area (Å²) in [7, 11) is 0. The van der Waals surface area contributed by atoms with Crippen LogP contribution < -0.4 is 0 Å². The first-order valence-electron chi connectivity index (χ1n) is 5.52. The summed E-state index contributed by atoms with van der Waals surface area (Å²) in [6.07, 6.45) is -2.58. The van der Waals surface area contributed by atoms with Crippen molar-refractivity contribution >= 4 is 6.29 Å². The highest BCUT2D eigenvalue weighted by molar-refractivity contribution is 5.77. The van der Waals surface area contributed by atoms with E-state index >= 15 is 0 Å². The van der Waals surface area contributed by atoms with Crippen LogP contribution in [0.1, 0.15) is 27.4 Å². The second kappa shape index (κ2) is 4.53. The van der Waals surface area contributed by atoms with Gasteiger partial charge in [0.15, 0.2) is 6.29 Å². The van der Waals surface area contributed by atoms with Crippen molar-refractivity contribution in [1.82, 2.24) is 9.55 Å². The van der Waals surface area contributed by atoms with Gasteiger partial charge in [0.05, 0.1) is 11.9 Å². The van der Waals surface area contributed by atoms with Crippen LogP contribution in [0.4, 0.5) is 13.2 Å². The zero-order valence-corrected chi connectivity index (χ0v) is 10.3. The molecule has 0 aliphatic rings. The van der Waals surface area contributed by atoms with Gasteiger partial charge in [-0.2, -0.15) is 13.2 Å². The fraction of sp³-hybridized carbons (Fsp3) is 0.231. The minimum Gasteiger partial charge on any atom is -0.316 e. The largest absolute Gasteiger partial charge is 0.433 e. The Hall–Kier alpha value is -2.11. The topological polar surface area (TPSA) is 34.9 Å². The van der Waals surface area contributed by atoms with E-state index in [1.165, 1.54) is 6.07 Å². The normalized spacial score (nSPS) is 11.6. The number of carbonyl (C=O) groups excluding carboxylic acids is 1. The SMILES string of the molecule is Cc1cc(C=O)c(C)n1-c1ccc(C(F)(F)F)nc1. The Balaban J connectivity index is 2.49. The smallest absolute Gasteiger partial charge is 0.316 e. The zero-order chi connectivity index (χ0) is 14.2. The predicted octanol–water partition coefficient (Wildman–Crippen LogP) is 3.32. The molecule has 2 rings (SSSR count). The van der Waals surface area contributed by atoms with Crippen LogP contribution in [0.5, 0.6) is 0 Å². The summed E-state index contributed by atoms with van der Waals surface area (Å²) in [6.45, 7) is 3.51. The molecule has 0 N–H and O–H groups in total. The van der Waals surface area contributed by atoms with Gasteiger partial charge in [-0.15, -0.1) is 0 Å². The average molecular weight is 268 g/mol. The number of halogens is 3. The lowest BCUT2D eigenvalue weighted by Gasteiger charge is -2.11. The lowest BCUT2D eigenvalue weighted by atomic mass is 10.3. The summed E-state index contributed by atoms with van der Waals surface area (Å²) in [4.78, 5) is 14.2. The van der Waals surface area contributed by atoms with Crippen LogP contribution in [0, 0.1) is 13.8 Å². The van der Waals surface area contributed by atoms with Gasteiger partial charge in [0.25, 0.3) is 0 Å². The molecule has 0 aliphatic carbocycles. The first-order chi connectivity index (χ1) is 8.84. The maximum Gasteiger partial charge on any atom is 0.433 e. The Bertz CT molecular complexity index is 612. The zero-order valence-electron chi connectivity index (χ0n) is 10.3. The van der Waals surface area contributed by atoms with E-state index in [0.717, 1.165) is 24.2 Å². The Labute approximate surface area is 107 Å². The van der Waals surface area contributed by atoms with Gasteiger partial charge >= 0.3 is 6.18 Å². The number of nitrogens with zero attached hydrogens (tertiary/aromatic N) is 2. The molecule has 0 aromatic carbocycles. The Kier molecular flexibility index (Phi) is 3.18. The fourth-order valence-electron chi connectivity index (χ4n) is 1.99. The van der Waals surface area contributed by atoms with Crippen LogP contribution in [-0.2, 0) is 6.18 Å². The van der Waals surface area contributed by atoms with Gasteiger partial charge in [-0.25, -0.2) is 4.98 Å². The number of rotatable bonds is 2. The maximum absolute atomic E-state index is 12.4. The second-order valence-corrected chi connectivity index (χ2v) is 4.18. The van der Waals surface area contributed by atoms with E-state index in [4.69, 9.17) is 0 Å². The highest BCUT2D eigenvalue weighted by Crippen LogP contribution is 2.28. The van der Waals surface area contributed by atoms with Gasteiger partial charge in [0.2, 0.25) is 0 Å². The van der Waals surface area contributed by atoms with Crippen molar-refractivity contribution in [3.63, 3.8) is 0 Å². The highest BCUT2D eigenvalue weighted by Gasteiger charge is 2.32. The van der Waals surface area contributed by atoms with Crippen LogP contribution in [0.2, 0.25) is 0 Å². The fourth-order valence-corrected chi connectivity index (χ4v) is 1.99. The molecule has 3 nitrogen and oxygen atoms in total. The molecular weight excluding hydrogens is 257 g/mol. The van der Waals surface area contributed by atoms with Crippen molar-refractivity contribution in [2.24, 2.45) is 0 Å². The Morgan fingerprint density at radius 2 is 1.95 bits per heavy atom. The average Bonchev–Trinajstić information content (AvgIpc) is 2.63. The number of hydrogen-bond donors (Lipinski definition) is 0. The number of hydrogen-bond acceptors (Lipinski definition) is 2. The first kappa shape index (κ1) is 13.3. The molecule has 0 atom stereocenters. The van der Waals surface area contributed by atoms with E-state index in [1.54, 1.807) is 24.5 Å². The van der Waals surface area contributed by atoms with Crippen LogP contribution in [0.25, 0.3) is 5.69 Å². The van der Waals surface area contributed by atoms with Crippen LogP contribution in [-0.4, -0.2) is 15.8 Å². The number of pyridine rings is 1. The third-order valence-corrected chi connectivity index (χ3v) is 2.89. The molecule has 100 valence electrons. The molecule has 0 saturated heterocycles. The number of alkyl halides is 3. The molecular formula is C13H11F3N2O. The predicted molar refractivity (Wildman–Crippen MR) is 63.4 cm³/mol. The molecule has 0 aliphatic heterocycles. The summed E-state index contributed by atoms with van der Waals surface area (Å²) in [5, 5.41) is 0. The summed E-state index contributed by atoms with van der Waals surface area (Å²) in [5.41, 5.74) is 1.51. The minimum absolute atomic E-state index is 0.496. The monoisotopic (exact) mass is 268 g/mol. The van der Waals surface area contributed by atoms with Crippen LogP contribution in [0.3, 0.4) is 0 Å². The van der Waals surface area contributed by atoms with E-state index < -0.39 is 11.9 Å². The van der Waals surface area contributed by atoms with Gasteiger partial charge in [-0.05, 0) is 32.0 Å². The number of carbonyl (C=O) groups is 1. The molecule has 0 saturated carbocycles. The lowest BCUT2D eigenvalue weighted by Crippen LogP contribution is -2.08. The standard InChI is InChI=1S/C13H11F3N2O/c1-8-5-10(7-19)9(2)18(8)11-3-4-12(17-6-11)13(14,15)16/h3-7H,1-2H3. The highest BCUT2D eigenvalue weighted by atomic mass is 19.4. The summed E-state index contributed by atoms with van der Waals surface area (Å²) < 4.78 is 39.0. The van der Waals surface area contributed by atoms with E-state index in [0.29, 0.717) is 16.9 Å². The second-order valence-electron chi connectivity index (χ2n) is 4.18. The third-order valence-electron chi connectivity index (χ3n) is 2.89. The van der Waals surface area contributed by atoms with Crippen molar-refractivity contribution in [2.45, 2.75) is 20.0 Å². The minimum atomic E-state index is -4.45. The Morgan fingerprint density at radius 3 is 2.37 bits per heavy atom. The maximum atomic E-state index is 12.4. The number of aryl methyl sites for hydroxylation is 1. The number of aromatic nitrogens is 2. The number of aldehydes is 1. The molecule has 2 heterocycles. The molecule has 6 heteroatoms. The first-order valence-corrected chi connectivity index (χ1v) is 5.52. The summed E-state index contributed by atoms with van der Waals surface area (Å²) in [6, 6.07) is 3.94. The molecule has 2 aromatic rings. The van der Waals surface area contributed by atoms with Crippen molar-refractivity contribution in [3.8, 4) is 5.69 Å². The van der Waals surface area contributed by atoms with Gasteiger partial charge in [0, 0.05) is 17.0 Å². The molecule has 19 heavy (non-hydrogen) atoms. The van der Waals surface area contributed by atoms with Gasteiger partial charge in [0.1, 0.15) is 5.69 Å². The van der Waals surface area contributed by atoms with Crippen molar-refractivity contribution in [1.29, 1.82) is 0 Å². The molecule has 0 spiro atoms. The van der Waals surface area contributed by atoms with E-state index in [-0.39, 0.29) is 0 Å². The van der Waals surface area contributed by atoms with Crippen molar-refractivity contribution in [3.05, 3.63) is 47.0 Å². The molecule has 0 fully saturated rings. The van der Waals surface area contributed by atoms with E-state index in [9.17, 15) is 18.0 Å². The van der Waals surface area contributed by atoms with E-state index in [2.05, 4.69) is 4.98 Å². The van der Waals surface area contributed by atoms with Gasteiger partial charge < -0.3 is 4.57 Å². The van der Waals surface area contributed by atoms with Gasteiger partial charge in [-0.3, -0.25) is 4.79 Å². The van der Waals surface area contributed by atoms with Crippen LogP contribution >= 0.6 is 0 Å². The lowest BCUT2D eigenvalue weighted by molar-refractivity contribution is -0.141. The molecule has 0 amide bonds. The van der Waals surface area contributed by atoms with E-state index in [1.807, 2.05) is 0 Å². The van der Waals surface area contributed by atoms with Crippen molar-refractivity contribution in [2.75, 3.05) is 0 Å². The molecule has 0 unspecified atom stereocenters. The third kappa shape index (κ3) is 2.38. The summed E-state index contributed by atoms with van der Waals surface area (Å²) >= 11 is 0. The molecule has 2 aromatic heterocycles. The molecule has 0 bridgehead atoms. The van der Waals surface area contributed by atoms with Gasteiger partial charge in [-0.1, -0.05) is 0 Å². The quantitative estimate of drug-likeness (QED) is 0.783.